The molecule has 1 aromatic carbocycles. The van der Waals surface area contributed by atoms with E-state index in [4.69, 9.17) is 5.11 Å². The molecule has 0 fully saturated rings. The Bertz CT molecular complexity index is 776. The average molecular weight is 310 g/mol. The molecule has 0 amide bonds. The van der Waals surface area contributed by atoms with Crippen LogP contribution in [-0.2, 0) is 10.0 Å². The number of nitrogens with zero attached hydrogens (tertiary/aromatic N) is 2. The zero-order valence-corrected chi connectivity index (χ0v) is 12.0. The predicted molar refractivity (Wildman–Crippen MR) is 77.8 cm³/mol. The highest BCUT2D eigenvalue weighted by Gasteiger charge is 2.10. The molecular formula is C12H14N4O4S. The van der Waals surface area contributed by atoms with Crippen LogP contribution in [-0.4, -0.2) is 48.8 Å². The summed E-state index contributed by atoms with van der Waals surface area (Å²) in [4.78, 5) is 19.0. The lowest BCUT2D eigenvalue weighted by Crippen LogP contribution is -2.26. The van der Waals surface area contributed by atoms with Gasteiger partial charge >= 0.3 is 5.97 Å². The van der Waals surface area contributed by atoms with Gasteiger partial charge < -0.3 is 10.4 Å². The number of anilines is 1. The van der Waals surface area contributed by atoms with E-state index in [1.807, 2.05) is 0 Å². The van der Waals surface area contributed by atoms with Crippen LogP contribution in [0.25, 0.3) is 10.9 Å². The average Bonchev–Trinajstić information content (AvgIpc) is 2.46. The first-order valence-electron chi connectivity index (χ1n) is 6.06. The Morgan fingerprint density at radius 2 is 2.10 bits per heavy atom. The maximum atomic E-state index is 11.3. The molecular weight excluding hydrogens is 296 g/mol. The molecule has 3 N–H and O–H groups in total. The van der Waals surface area contributed by atoms with E-state index in [0.717, 1.165) is 0 Å². The second kappa shape index (κ2) is 6.02. The van der Waals surface area contributed by atoms with Gasteiger partial charge in [-0.25, -0.2) is 27.9 Å². The summed E-state index contributed by atoms with van der Waals surface area (Å²) < 4.78 is 24.9. The minimum Gasteiger partial charge on any atom is -0.478 e. The third kappa shape index (κ3) is 3.64. The molecule has 2 aromatic rings. The predicted octanol–water partition coefficient (Wildman–Crippen LogP) is 0.289. The molecule has 1 aromatic heterocycles. The summed E-state index contributed by atoms with van der Waals surface area (Å²) in [6.07, 6.45) is 1.29. The molecule has 0 aliphatic rings. The highest BCUT2D eigenvalue weighted by Crippen LogP contribution is 2.20. The van der Waals surface area contributed by atoms with Crippen LogP contribution in [0.1, 0.15) is 10.4 Å². The van der Waals surface area contributed by atoms with Gasteiger partial charge in [-0.3, -0.25) is 0 Å². The molecule has 0 bridgehead atoms. The fraction of sp³-hybridized carbons (Fsp3) is 0.250. The van der Waals surface area contributed by atoms with Gasteiger partial charge in [0.15, 0.2) is 0 Å². The molecule has 0 spiro atoms. The Kier molecular flexibility index (Phi) is 4.34. The zero-order chi connectivity index (χ0) is 15.5. The van der Waals surface area contributed by atoms with Crippen molar-refractivity contribution in [2.45, 2.75) is 0 Å². The third-order valence-corrected chi connectivity index (χ3v) is 4.22. The zero-order valence-electron chi connectivity index (χ0n) is 11.2. The Morgan fingerprint density at radius 1 is 1.33 bits per heavy atom. The van der Waals surface area contributed by atoms with Gasteiger partial charge in [-0.2, -0.15) is 0 Å². The smallest absolute Gasteiger partial charge is 0.335 e. The lowest BCUT2D eigenvalue weighted by atomic mass is 10.1. The second-order valence-electron chi connectivity index (χ2n) is 4.21. The van der Waals surface area contributed by atoms with Gasteiger partial charge in [-0.1, -0.05) is 0 Å². The van der Waals surface area contributed by atoms with E-state index in [9.17, 15) is 13.2 Å². The van der Waals surface area contributed by atoms with Gasteiger partial charge in [0.2, 0.25) is 10.0 Å². The number of rotatable bonds is 6. The number of hydrogen-bond acceptors (Lipinski definition) is 6. The number of aromatic nitrogens is 2. The monoisotopic (exact) mass is 310 g/mol. The maximum absolute atomic E-state index is 11.3. The van der Waals surface area contributed by atoms with Gasteiger partial charge in [0.1, 0.15) is 12.1 Å². The van der Waals surface area contributed by atoms with E-state index in [1.165, 1.54) is 25.5 Å². The lowest BCUT2D eigenvalue weighted by molar-refractivity contribution is 0.0697. The normalized spacial score (nSPS) is 11.5. The van der Waals surface area contributed by atoms with Crippen LogP contribution in [0.4, 0.5) is 5.82 Å². The van der Waals surface area contributed by atoms with Gasteiger partial charge in [0.25, 0.3) is 0 Å². The molecule has 112 valence electrons. The quantitative estimate of drug-likeness (QED) is 0.701. The Labute approximate surface area is 121 Å². The minimum absolute atomic E-state index is 0.0950. The molecule has 21 heavy (non-hydrogen) atoms. The van der Waals surface area contributed by atoms with Crippen molar-refractivity contribution in [3.05, 3.63) is 30.1 Å². The van der Waals surface area contributed by atoms with Crippen LogP contribution in [0.15, 0.2) is 24.5 Å². The number of sulfonamides is 1. The molecule has 0 saturated heterocycles. The topological polar surface area (TPSA) is 121 Å². The van der Waals surface area contributed by atoms with Crippen molar-refractivity contribution in [3.63, 3.8) is 0 Å². The third-order valence-electron chi connectivity index (χ3n) is 2.86. The molecule has 0 saturated carbocycles. The first kappa shape index (κ1) is 15.1. The molecule has 0 atom stereocenters. The first-order valence-corrected chi connectivity index (χ1v) is 7.71. The van der Waals surface area contributed by atoms with Gasteiger partial charge in [0, 0.05) is 11.9 Å². The Hall–Kier alpha value is -2.26. The van der Waals surface area contributed by atoms with Crippen molar-refractivity contribution < 1.29 is 18.3 Å². The number of fused-ring (bicyclic) bond motifs is 1. The molecule has 1 heterocycles. The van der Waals surface area contributed by atoms with Crippen LogP contribution in [0.5, 0.6) is 0 Å². The van der Waals surface area contributed by atoms with Gasteiger partial charge in [0.05, 0.1) is 16.8 Å². The fourth-order valence-electron chi connectivity index (χ4n) is 1.74. The minimum atomic E-state index is -3.29. The molecule has 8 nitrogen and oxygen atoms in total. The van der Waals surface area contributed by atoms with Crippen molar-refractivity contribution in [1.29, 1.82) is 0 Å². The van der Waals surface area contributed by atoms with Crippen LogP contribution in [0, 0.1) is 0 Å². The number of benzene rings is 1. The van der Waals surface area contributed by atoms with E-state index in [0.29, 0.717) is 16.7 Å². The van der Waals surface area contributed by atoms with Crippen molar-refractivity contribution >= 4 is 32.7 Å². The number of carbonyl (C=O) groups is 1. The fourth-order valence-corrected chi connectivity index (χ4v) is 2.31. The Morgan fingerprint density at radius 3 is 2.76 bits per heavy atom. The van der Waals surface area contributed by atoms with Crippen LogP contribution in [0.2, 0.25) is 0 Å². The molecule has 0 radical (unpaired) electrons. The molecule has 9 heteroatoms. The van der Waals surface area contributed by atoms with Crippen molar-refractivity contribution in [3.8, 4) is 0 Å². The summed E-state index contributed by atoms with van der Waals surface area (Å²) in [6, 6.07) is 4.48. The number of carboxylic acid groups (broad SMARTS) is 1. The standard InChI is InChI=1S/C12H14N4O4S/c1-13-21(19,20)5-4-14-11-9-3-2-8(12(17)18)6-10(9)15-7-16-11/h2-3,6-7,13H,4-5H2,1H3,(H,17,18)(H,14,15,16). The summed E-state index contributed by atoms with van der Waals surface area (Å²) >= 11 is 0. The maximum Gasteiger partial charge on any atom is 0.335 e. The molecule has 0 aliphatic carbocycles. The lowest BCUT2D eigenvalue weighted by Gasteiger charge is -2.08. The largest absolute Gasteiger partial charge is 0.478 e. The number of aromatic carboxylic acids is 1. The molecule has 2 rings (SSSR count). The van der Waals surface area contributed by atoms with E-state index < -0.39 is 16.0 Å². The van der Waals surface area contributed by atoms with Crippen molar-refractivity contribution in [2.75, 3.05) is 24.7 Å². The van der Waals surface area contributed by atoms with Crippen molar-refractivity contribution in [2.24, 2.45) is 0 Å². The first-order chi connectivity index (χ1) is 9.93. The summed E-state index contributed by atoms with van der Waals surface area (Å²) in [7, 11) is -1.94. The van der Waals surface area contributed by atoms with Gasteiger partial charge in [-0.15, -0.1) is 0 Å². The Balaban J connectivity index is 2.23. The van der Waals surface area contributed by atoms with Crippen LogP contribution >= 0.6 is 0 Å². The van der Waals surface area contributed by atoms with Crippen molar-refractivity contribution in [1.82, 2.24) is 14.7 Å². The summed E-state index contributed by atoms with van der Waals surface area (Å²) in [5.41, 5.74) is 0.605. The highest BCUT2D eigenvalue weighted by atomic mass is 32.2. The van der Waals surface area contributed by atoms with E-state index in [2.05, 4.69) is 20.0 Å². The summed E-state index contributed by atoms with van der Waals surface area (Å²) in [5, 5.41) is 12.5. The number of hydrogen-bond donors (Lipinski definition) is 3. The SMILES string of the molecule is CNS(=O)(=O)CCNc1ncnc2cc(C(=O)O)ccc12. The number of carboxylic acids is 1. The van der Waals surface area contributed by atoms with E-state index in [-0.39, 0.29) is 17.9 Å². The molecule has 0 unspecified atom stereocenters. The van der Waals surface area contributed by atoms with Gasteiger partial charge in [-0.05, 0) is 25.2 Å². The molecule has 0 aliphatic heterocycles. The van der Waals surface area contributed by atoms with Crippen LogP contribution < -0.4 is 10.0 Å². The second-order valence-corrected chi connectivity index (χ2v) is 6.26. The summed E-state index contributed by atoms with van der Waals surface area (Å²) in [6.45, 7) is 0.177. The number of nitrogens with one attached hydrogen (secondary N) is 2. The highest BCUT2D eigenvalue weighted by molar-refractivity contribution is 7.89. The van der Waals surface area contributed by atoms with E-state index in [1.54, 1.807) is 6.07 Å². The van der Waals surface area contributed by atoms with Crippen LogP contribution in [0.3, 0.4) is 0 Å². The summed E-state index contributed by atoms with van der Waals surface area (Å²) in [5.74, 6) is -0.671. The van der Waals surface area contributed by atoms with E-state index >= 15 is 0 Å².